The van der Waals surface area contributed by atoms with Crippen molar-refractivity contribution in [3.8, 4) is 0 Å². The number of urea groups is 1. The molecule has 0 saturated heterocycles. The van der Waals surface area contributed by atoms with E-state index in [-0.39, 0.29) is 6.03 Å². The SMILES string of the molecule is CC1CCCCC1NC(=O)Nc1ccc(N)cc1. The molecule has 0 aromatic heterocycles. The fourth-order valence-corrected chi connectivity index (χ4v) is 2.43. The van der Waals surface area contributed by atoms with Crippen LogP contribution >= 0.6 is 0 Å². The fraction of sp³-hybridized carbons (Fsp3) is 0.500. The number of amides is 2. The molecular formula is C14H21N3O. The summed E-state index contributed by atoms with van der Waals surface area (Å²) in [6, 6.07) is 7.34. The lowest BCUT2D eigenvalue weighted by Crippen LogP contribution is -2.43. The molecule has 1 aliphatic rings. The van der Waals surface area contributed by atoms with Gasteiger partial charge in [-0.1, -0.05) is 19.8 Å². The first-order chi connectivity index (χ1) is 8.65. The summed E-state index contributed by atoms with van der Waals surface area (Å²) < 4.78 is 0. The summed E-state index contributed by atoms with van der Waals surface area (Å²) in [5.41, 5.74) is 7.06. The molecule has 4 nitrogen and oxygen atoms in total. The summed E-state index contributed by atoms with van der Waals surface area (Å²) in [5.74, 6) is 0.566. The number of hydrogen-bond acceptors (Lipinski definition) is 2. The van der Waals surface area contributed by atoms with Crippen LogP contribution in [0.15, 0.2) is 24.3 Å². The van der Waals surface area contributed by atoms with E-state index in [0.717, 1.165) is 12.1 Å². The van der Waals surface area contributed by atoms with Crippen molar-refractivity contribution in [1.82, 2.24) is 5.32 Å². The minimum Gasteiger partial charge on any atom is -0.399 e. The van der Waals surface area contributed by atoms with E-state index < -0.39 is 0 Å². The topological polar surface area (TPSA) is 67.2 Å². The second kappa shape index (κ2) is 5.76. The van der Waals surface area contributed by atoms with Crippen LogP contribution < -0.4 is 16.4 Å². The van der Waals surface area contributed by atoms with Crippen molar-refractivity contribution in [2.45, 2.75) is 38.6 Å². The van der Waals surface area contributed by atoms with E-state index in [9.17, 15) is 4.79 Å². The fourth-order valence-electron chi connectivity index (χ4n) is 2.43. The van der Waals surface area contributed by atoms with Gasteiger partial charge in [-0.25, -0.2) is 4.79 Å². The van der Waals surface area contributed by atoms with Gasteiger partial charge in [0.05, 0.1) is 0 Å². The maximum absolute atomic E-state index is 11.9. The summed E-state index contributed by atoms with van der Waals surface area (Å²) in [5, 5.41) is 5.88. The third-order valence-electron chi connectivity index (χ3n) is 3.60. The summed E-state index contributed by atoms with van der Waals surface area (Å²) in [6.45, 7) is 2.20. The Morgan fingerprint density at radius 3 is 2.56 bits per heavy atom. The lowest BCUT2D eigenvalue weighted by Gasteiger charge is -2.29. The van der Waals surface area contributed by atoms with Crippen molar-refractivity contribution in [3.63, 3.8) is 0 Å². The Kier molecular flexibility index (Phi) is 4.07. The van der Waals surface area contributed by atoms with Crippen LogP contribution in [0, 0.1) is 5.92 Å². The van der Waals surface area contributed by atoms with Gasteiger partial charge in [0.1, 0.15) is 0 Å². The highest BCUT2D eigenvalue weighted by atomic mass is 16.2. The van der Waals surface area contributed by atoms with Gasteiger partial charge in [0.25, 0.3) is 0 Å². The molecule has 1 aromatic carbocycles. The number of nitrogens with one attached hydrogen (secondary N) is 2. The van der Waals surface area contributed by atoms with Crippen molar-refractivity contribution in [1.29, 1.82) is 0 Å². The number of hydrogen-bond donors (Lipinski definition) is 3. The molecule has 2 unspecified atom stereocenters. The molecule has 0 radical (unpaired) electrons. The molecule has 1 saturated carbocycles. The maximum Gasteiger partial charge on any atom is 0.319 e. The third-order valence-corrected chi connectivity index (χ3v) is 3.60. The zero-order chi connectivity index (χ0) is 13.0. The predicted octanol–water partition coefficient (Wildman–Crippen LogP) is 2.97. The van der Waals surface area contributed by atoms with Crippen molar-refractivity contribution >= 4 is 17.4 Å². The maximum atomic E-state index is 11.9. The Bertz CT molecular complexity index is 402. The summed E-state index contributed by atoms with van der Waals surface area (Å²) in [7, 11) is 0. The first-order valence-corrected chi connectivity index (χ1v) is 6.58. The number of anilines is 2. The number of carbonyl (C=O) groups is 1. The molecule has 18 heavy (non-hydrogen) atoms. The minimum absolute atomic E-state index is 0.126. The Morgan fingerprint density at radius 2 is 1.89 bits per heavy atom. The van der Waals surface area contributed by atoms with Gasteiger partial charge in [-0.15, -0.1) is 0 Å². The largest absolute Gasteiger partial charge is 0.399 e. The quantitative estimate of drug-likeness (QED) is 0.703. The molecule has 0 spiro atoms. The van der Waals surface area contributed by atoms with Gasteiger partial charge in [-0.3, -0.25) is 0 Å². The number of rotatable bonds is 2. The number of carbonyl (C=O) groups excluding carboxylic acids is 1. The van der Waals surface area contributed by atoms with E-state index >= 15 is 0 Å². The van der Waals surface area contributed by atoms with Crippen LogP contribution in [0.3, 0.4) is 0 Å². The summed E-state index contributed by atoms with van der Waals surface area (Å²) in [6.07, 6.45) is 4.76. The van der Waals surface area contributed by atoms with Crippen LogP contribution in [0.5, 0.6) is 0 Å². The van der Waals surface area contributed by atoms with Gasteiger partial charge in [0.2, 0.25) is 0 Å². The Morgan fingerprint density at radius 1 is 1.22 bits per heavy atom. The second-order valence-corrected chi connectivity index (χ2v) is 5.09. The van der Waals surface area contributed by atoms with E-state index in [1.165, 1.54) is 19.3 Å². The van der Waals surface area contributed by atoms with Crippen molar-refractivity contribution < 1.29 is 4.79 Å². The van der Waals surface area contributed by atoms with E-state index in [1.807, 2.05) is 0 Å². The van der Waals surface area contributed by atoms with Gasteiger partial charge in [0, 0.05) is 17.4 Å². The monoisotopic (exact) mass is 247 g/mol. The zero-order valence-electron chi connectivity index (χ0n) is 10.8. The molecular weight excluding hydrogens is 226 g/mol. The molecule has 1 fully saturated rings. The zero-order valence-corrected chi connectivity index (χ0v) is 10.8. The van der Waals surface area contributed by atoms with Crippen molar-refractivity contribution in [2.75, 3.05) is 11.1 Å². The van der Waals surface area contributed by atoms with Gasteiger partial charge in [0.15, 0.2) is 0 Å². The number of nitrogens with two attached hydrogens (primary N) is 1. The minimum atomic E-state index is -0.126. The van der Waals surface area contributed by atoms with E-state index in [1.54, 1.807) is 24.3 Å². The molecule has 1 aliphatic carbocycles. The Hall–Kier alpha value is -1.71. The van der Waals surface area contributed by atoms with E-state index in [0.29, 0.717) is 17.6 Å². The lowest BCUT2D eigenvalue weighted by molar-refractivity contribution is 0.232. The van der Waals surface area contributed by atoms with Crippen LogP contribution in [-0.2, 0) is 0 Å². The molecule has 4 N–H and O–H groups in total. The first-order valence-electron chi connectivity index (χ1n) is 6.58. The molecule has 0 bridgehead atoms. The highest BCUT2D eigenvalue weighted by Gasteiger charge is 2.22. The van der Waals surface area contributed by atoms with Gasteiger partial charge in [-0.05, 0) is 43.0 Å². The molecule has 0 heterocycles. The predicted molar refractivity (Wildman–Crippen MR) is 74.4 cm³/mol. The number of benzene rings is 1. The van der Waals surface area contributed by atoms with Gasteiger partial charge < -0.3 is 16.4 Å². The average molecular weight is 247 g/mol. The highest BCUT2D eigenvalue weighted by Crippen LogP contribution is 2.23. The third kappa shape index (κ3) is 3.39. The Labute approximate surface area is 108 Å². The smallest absolute Gasteiger partial charge is 0.319 e. The average Bonchev–Trinajstić information content (AvgIpc) is 2.35. The molecule has 0 aliphatic heterocycles. The van der Waals surface area contributed by atoms with Gasteiger partial charge >= 0.3 is 6.03 Å². The lowest BCUT2D eigenvalue weighted by atomic mass is 9.86. The standard InChI is InChI=1S/C14H21N3O/c1-10-4-2-3-5-13(10)17-14(18)16-12-8-6-11(15)7-9-12/h6-10,13H,2-5,15H2,1H3,(H2,16,17,18). The summed E-state index contributed by atoms with van der Waals surface area (Å²) >= 11 is 0. The number of nitrogen functional groups attached to an aromatic ring is 1. The Balaban J connectivity index is 1.86. The molecule has 1 aromatic rings. The normalized spacial score (nSPS) is 23.4. The van der Waals surface area contributed by atoms with Crippen LogP contribution in [0.25, 0.3) is 0 Å². The highest BCUT2D eigenvalue weighted by molar-refractivity contribution is 5.89. The summed E-state index contributed by atoms with van der Waals surface area (Å²) in [4.78, 5) is 11.9. The molecule has 2 atom stereocenters. The van der Waals surface area contributed by atoms with Crippen molar-refractivity contribution in [3.05, 3.63) is 24.3 Å². The second-order valence-electron chi connectivity index (χ2n) is 5.09. The van der Waals surface area contributed by atoms with E-state index in [4.69, 9.17) is 5.73 Å². The molecule has 4 heteroatoms. The van der Waals surface area contributed by atoms with E-state index in [2.05, 4.69) is 17.6 Å². The van der Waals surface area contributed by atoms with Crippen LogP contribution in [0.1, 0.15) is 32.6 Å². The van der Waals surface area contributed by atoms with Crippen molar-refractivity contribution in [2.24, 2.45) is 5.92 Å². The first kappa shape index (κ1) is 12.7. The van der Waals surface area contributed by atoms with Gasteiger partial charge in [-0.2, -0.15) is 0 Å². The van der Waals surface area contributed by atoms with Crippen LogP contribution in [0.4, 0.5) is 16.2 Å². The van der Waals surface area contributed by atoms with Crippen LogP contribution in [0.2, 0.25) is 0 Å². The van der Waals surface area contributed by atoms with Crippen LogP contribution in [-0.4, -0.2) is 12.1 Å². The molecule has 98 valence electrons. The molecule has 2 rings (SSSR count). The molecule has 2 amide bonds.